The van der Waals surface area contributed by atoms with E-state index in [4.69, 9.17) is 5.73 Å². The minimum Gasteiger partial charge on any atom is -0.382 e. The summed E-state index contributed by atoms with van der Waals surface area (Å²) in [5, 5.41) is 6.92. The molecule has 0 aliphatic rings. The molecule has 0 radical (unpaired) electrons. The van der Waals surface area contributed by atoms with Gasteiger partial charge in [-0.25, -0.2) is 9.97 Å². The Labute approximate surface area is 166 Å². The van der Waals surface area contributed by atoms with Crippen LogP contribution in [0.15, 0.2) is 36.1 Å². The number of rotatable bonds is 4. The second-order valence-corrected chi connectivity index (χ2v) is 8.13. The summed E-state index contributed by atoms with van der Waals surface area (Å²) in [4.78, 5) is 25.8. The summed E-state index contributed by atoms with van der Waals surface area (Å²) in [5.41, 5.74) is 9.82. The van der Waals surface area contributed by atoms with Crippen molar-refractivity contribution in [3.8, 4) is 0 Å². The third-order valence-corrected chi connectivity index (χ3v) is 5.69. The lowest BCUT2D eigenvalue weighted by Gasteiger charge is -2.14. The van der Waals surface area contributed by atoms with Gasteiger partial charge in [0.25, 0.3) is 5.91 Å². The van der Waals surface area contributed by atoms with Gasteiger partial charge in [0.2, 0.25) is 0 Å². The highest BCUT2D eigenvalue weighted by atomic mass is 32.1. The van der Waals surface area contributed by atoms with Crippen molar-refractivity contribution >= 4 is 49.7 Å². The maximum absolute atomic E-state index is 13.0. The average Bonchev–Trinajstić information content (AvgIpc) is 3.09. The Bertz CT molecular complexity index is 1200. The highest BCUT2D eigenvalue weighted by Gasteiger charge is 2.18. The second-order valence-electron chi connectivity index (χ2n) is 7.25. The number of thiophene rings is 1. The van der Waals surface area contributed by atoms with Gasteiger partial charge >= 0.3 is 0 Å². The van der Waals surface area contributed by atoms with Gasteiger partial charge in [0.1, 0.15) is 12.1 Å². The van der Waals surface area contributed by atoms with Crippen molar-refractivity contribution in [2.24, 2.45) is 5.92 Å². The van der Waals surface area contributed by atoms with E-state index in [0.717, 1.165) is 38.8 Å². The van der Waals surface area contributed by atoms with Crippen LogP contribution < -0.4 is 11.1 Å². The van der Waals surface area contributed by atoms with E-state index >= 15 is 0 Å². The highest BCUT2D eigenvalue weighted by molar-refractivity contribution is 7.18. The Balaban J connectivity index is 1.77. The van der Waals surface area contributed by atoms with E-state index in [1.165, 1.54) is 17.7 Å². The first kappa shape index (κ1) is 18.3. The number of fused-ring (bicyclic) bond motifs is 2. The van der Waals surface area contributed by atoms with Gasteiger partial charge in [-0.05, 0) is 30.9 Å². The molecule has 4 aromatic rings. The molecule has 0 atom stereocenters. The molecule has 4 rings (SSSR count). The van der Waals surface area contributed by atoms with Crippen molar-refractivity contribution in [2.45, 2.75) is 27.2 Å². The molecule has 1 amide bonds. The van der Waals surface area contributed by atoms with Crippen LogP contribution in [0.4, 0.5) is 11.5 Å². The maximum atomic E-state index is 13.0. The zero-order chi connectivity index (χ0) is 19.8. The first-order chi connectivity index (χ1) is 13.5. The van der Waals surface area contributed by atoms with E-state index in [1.54, 1.807) is 5.38 Å². The summed E-state index contributed by atoms with van der Waals surface area (Å²) in [7, 11) is 0. The molecule has 1 aromatic carbocycles. The number of carbonyl (C=O) groups excluding carboxylic acids is 1. The molecular formula is C21H21N5OS. The van der Waals surface area contributed by atoms with Crippen LogP contribution in [0.2, 0.25) is 0 Å². The fraction of sp³-hybridized carbons (Fsp3) is 0.238. The molecule has 0 bridgehead atoms. The smallest absolute Gasteiger partial charge is 0.258 e. The quantitative estimate of drug-likeness (QED) is 0.531. The number of pyridine rings is 1. The number of aryl methyl sites for hydroxylation is 1. The lowest BCUT2D eigenvalue weighted by atomic mass is 9.99. The standard InChI is InChI=1S/C21H21N5OS/c1-11(2)8-16-13-5-4-12(3)17(14(13)6-7-23-16)26-21(27)15-9-28-19-18(15)24-10-25-20(19)22/h4-7,9-11H,8H2,1-3H3,(H,26,27)(H2,22,24,25). The molecule has 6 nitrogen and oxygen atoms in total. The molecule has 28 heavy (non-hydrogen) atoms. The topological polar surface area (TPSA) is 93.8 Å². The maximum Gasteiger partial charge on any atom is 0.258 e. The molecule has 0 aliphatic heterocycles. The molecule has 3 aromatic heterocycles. The normalized spacial score (nSPS) is 11.4. The molecule has 7 heteroatoms. The predicted molar refractivity (Wildman–Crippen MR) is 115 cm³/mol. The number of carbonyl (C=O) groups is 1. The molecule has 3 N–H and O–H groups in total. The second kappa shape index (κ2) is 7.16. The Morgan fingerprint density at radius 3 is 2.79 bits per heavy atom. The van der Waals surface area contributed by atoms with Gasteiger partial charge in [0.05, 0.1) is 21.5 Å². The molecule has 142 valence electrons. The summed E-state index contributed by atoms with van der Waals surface area (Å²) >= 11 is 1.38. The Hall–Kier alpha value is -3.06. The monoisotopic (exact) mass is 391 g/mol. The molecule has 0 unspecified atom stereocenters. The number of hydrogen-bond acceptors (Lipinski definition) is 6. The number of nitrogens with one attached hydrogen (secondary N) is 1. The first-order valence-electron chi connectivity index (χ1n) is 9.12. The van der Waals surface area contributed by atoms with Crippen LogP contribution in [0.25, 0.3) is 21.0 Å². The van der Waals surface area contributed by atoms with Gasteiger partial charge in [-0.15, -0.1) is 11.3 Å². The van der Waals surface area contributed by atoms with E-state index in [2.05, 4.69) is 40.2 Å². The molecule has 0 aliphatic carbocycles. The lowest BCUT2D eigenvalue weighted by Crippen LogP contribution is -2.13. The van der Waals surface area contributed by atoms with Crippen LogP contribution in [-0.4, -0.2) is 20.9 Å². The Morgan fingerprint density at radius 1 is 1.18 bits per heavy atom. The van der Waals surface area contributed by atoms with Crippen molar-refractivity contribution in [1.29, 1.82) is 0 Å². The number of nitrogens with zero attached hydrogens (tertiary/aromatic N) is 3. The van der Waals surface area contributed by atoms with Crippen LogP contribution in [-0.2, 0) is 6.42 Å². The van der Waals surface area contributed by atoms with E-state index in [1.807, 2.05) is 25.3 Å². The van der Waals surface area contributed by atoms with Gasteiger partial charge in [-0.3, -0.25) is 9.78 Å². The van der Waals surface area contributed by atoms with E-state index in [0.29, 0.717) is 22.8 Å². The van der Waals surface area contributed by atoms with Gasteiger partial charge in [0, 0.05) is 28.0 Å². The molecule has 3 heterocycles. The van der Waals surface area contributed by atoms with Crippen LogP contribution in [0.5, 0.6) is 0 Å². The summed E-state index contributed by atoms with van der Waals surface area (Å²) in [6, 6.07) is 6.06. The van der Waals surface area contributed by atoms with Crippen molar-refractivity contribution < 1.29 is 4.79 Å². The van der Waals surface area contributed by atoms with Crippen molar-refractivity contribution in [2.75, 3.05) is 11.1 Å². The van der Waals surface area contributed by atoms with Crippen molar-refractivity contribution in [3.05, 3.63) is 52.9 Å². The molecular weight excluding hydrogens is 370 g/mol. The molecule has 0 spiro atoms. The van der Waals surface area contributed by atoms with Gasteiger partial charge in [-0.2, -0.15) is 0 Å². The minimum absolute atomic E-state index is 0.206. The third-order valence-electron chi connectivity index (χ3n) is 4.70. The third kappa shape index (κ3) is 3.18. The van der Waals surface area contributed by atoms with Gasteiger partial charge in [-0.1, -0.05) is 26.0 Å². The predicted octanol–water partition coefficient (Wildman–Crippen LogP) is 4.58. The van der Waals surface area contributed by atoms with Gasteiger partial charge in [0.15, 0.2) is 0 Å². The zero-order valence-corrected chi connectivity index (χ0v) is 16.8. The molecule has 0 saturated heterocycles. The number of nitrogens with two attached hydrogens (primary N) is 1. The summed E-state index contributed by atoms with van der Waals surface area (Å²) in [5.74, 6) is 0.682. The van der Waals surface area contributed by atoms with E-state index in [-0.39, 0.29) is 5.91 Å². The Kier molecular flexibility index (Phi) is 4.68. The lowest BCUT2D eigenvalue weighted by molar-refractivity contribution is 0.102. The minimum atomic E-state index is -0.206. The molecule has 0 fully saturated rings. The van der Waals surface area contributed by atoms with Crippen LogP contribution >= 0.6 is 11.3 Å². The number of benzene rings is 1. The number of hydrogen-bond donors (Lipinski definition) is 2. The number of aromatic nitrogens is 3. The first-order valence-corrected chi connectivity index (χ1v) is 10.00. The van der Waals surface area contributed by atoms with E-state index < -0.39 is 0 Å². The number of anilines is 2. The van der Waals surface area contributed by atoms with E-state index in [9.17, 15) is 4.79 Å². The molecule has 0 saturated carbocycles. The van der Waals surface area contributed by atoms with Crippen LogP contribution in [0, 0.1) is 12.8 Å². The van der Waals surface area contributed by atoms with Gasteiger partial charge < -0.3 is 11.1 Å². The summed E-state index contributed by atoms with van der Waals surface area (Å²) in [6.45, 7) is 6.34. The fourth-order valence-electron chi connectivity index (χ4n) is 3.35. The summed E-state index contributed by atoms with van der Waals surface area (Å²) < 4.78 is 0.728. The fourth-order valence-corrected chi connectivity index (χ4v) is 4.25. The van der Waals surface area contributed by atoms with Crippen LogP contribution in [0.3, 0.4) is 0 Å². The highest BCUT2D eigenvalue weighted by Crippen LogP contribution is 2.32. The largest absolute Gasteiger partial charge is 0.382 e. The number of amides is 1. The Morgan fingerprint density at radius 2 is 2.00 bits per heavy atom. The average molecular weight is 392 g/mol. The SMILES string of the molecule is Cc1ccc2c(CC(C)C)nccc2c1NC(=O)c1csc2c(N)ncnc12. The van der Waals surface area contributed by atoms with Crippen molar-refractivity contribution in [3.63, 3.8) is 0 Å². The van der Waals surface area contributed by atoms with Crippen LogP contribution in [0.1, 0.15) is 35.5 Å². The number of nitrogen functional groups attached to an aromatic ring is 1. The zero-order valence-electron chi connectivity index (χ0n) is 16.0. The van der Waals surface area contributed by atoms with Crippen molar-refractivity contribution in [1.82, 2.24) is 15.0 Å². The summed E-state index contributed by atoms with van der Waals surface area (Å²) in [6.07, 6.45) is 4.08.